The minimum absolute atomic E-state index is 0.0324. The molecule has 1 aromatic heterocycles. The van der Waals surface area contributed by atoms with Gasteiger partial charge in [0.15, 0.2) is 0 Å². The first kappa shape index (κ1) is 11.0. The lowest BCUT2D eigenvalue weighted by molar-refractivity contribution is 0.863. The Hall–Kier alpha value is -1.54. The lowest BCUT2D eigenvalue weighted by atomic mass is 10.0. The quantitative estimate of drug-likeness (QED) is 0.742. The van der Waals surface area contributed by atoms with Gasteiger partial charge in [0, 0.05) is 24.4 Å². The van der Waals surface area contributed by atoms with Crippen molar-refractivity contribution in [2.45, 2.75) is 6.92 Å². The first-order chi connectivity index (χ1) is 7.61. The second-order valence-corrected chi connectivity index (χ2v) is 4.15. The van der Waals surface area contributed by atoms with Crippen molar-refractivity contribution < 1.29 is 0 Å². The normalized spacial score (nSPS) is 10.4. The van der Waals surface area contributed by atoms with E-state index in [-0.39, 0.29) is 5.56 Å². The Morgan fingerprint density at radius 3 is 2.56 bits per heavy atom. The molecule has 0 bridgehead atoms. The number of aromatic nitrogens is 1. The van der Waals surface area contributed by atoms with Crippen molar-refractivity contribution >= 4 is 11.6 Å². The van der Waals surface area contributed by atoms with Gasteiger partial charge in [-0.1, -0.05) is 29.8 Å². The molecular formula is C13H12ClNO. The summed E-state index contributed by atoms with van der Waals surface area (Å²) in [5.74, 6) is 0. The second kappa shape index (κ2) is 4.14. The third kappa shape index (κ3) is 1.76. The molecule has 0 saturated heterocycles. The molecule has 1 heterocycles. The Kier molecular flexibility index (Phi) is 2.84. The van der Waals surface area contributed by atoms with E-state index < -0.39 is 0 Å². The molecule has 0 radical (unpaired) electrons. The lowest BCUT2D eigenvalue weighted by Crippen LogP contribution is -2.17. The zero-order valence-electron chi connectivity index (χ0n) is 9.20. The van der Waals surface area contributed by atoms with E-state index in [4.69, 9.17) is 11.6 Å². The molecular weight excluding hydrogens is 222 g/mol. The van der Waals surface area contributed by atoms with Gasteiger partial charge in [-0.05, 0) is 24.6 Å². The summed E-state index contributed by atoms with van der Waals surface area (Å²) in [5, 5.41) is 0.644. The molecule has 0 saturated carbocycles. The SMILES string of the molecule is Cc1cccc(-c2cccn(C)c2=O)c1Cl. The third-order valence-electron chi connectivity index (χ3n) is 2.61. The van der Waals surface area contributed by atoms with Gasteiger partial charge >= 0.3 is 0 Å². The number of hydrogen-bond donors (Lipinski definition) is 0. The zero-order chi connectivity index (χ0) is 11.7. The molecule has 2 rings (SSSR count). The number of aryl methyl sites for hydroxylation is 2. The first-order valence-corrected chi connectivity index (χ1v) is 5.40. The molecule has 2 aromatic rings. The van der Waals surface area contributed by atoms with Crippen molar-refractivity contribution in [3.05, 3.63) is 57.5 Å². The summed E-state index contributed by atoms with van der Waals surface area (Å²) in [6.45, 7) is 1.93. The van der Waals surface area contributed by atoms with E-state index in [2.05, 4.69) is 0 Å². The summed E-state index contributed by atoms with van der Waals surface area (Å²) in [5.41, 5.74) is 2.38. The van der Waals surface area contributed by atoms with E-state index in [1.54, 1.807) is 23.9 Å². The summed E-state index contributed by atoms with van der Waals surface area (Å²) in [7, 11) is 1.73. The van der Waals surface area contributed by atoms with Crippen molar-refractivity contribution in [2.75, 3.05) is 0 Å². The molecule has 0 atom stereocenters. The molecule has 0 N–H and O–H groups in total. The Bertz CT molecular complexity index is 587. The van der Waals surface area contributed by atoms with Crippen LogP contribution in [0.2, 0.25) is 5.02 Å². The predicted molar refractivity (Wildman–Crippen MR) is 66.9 cm³/mol. The largest absolute Gasteiger partial charge is 0.318 e. The number of halogens is 1. The Morgan fingerprint density at radius 2 is 1.81 bits per heavy atom. The monoisotopic (exact) mass is 233 g/mol. The maximum atomic E-state index is 11.9. The summed E-state index contributed by atoms with van der Waals surface area (Å²) >= 11 is 6.20. The van der Waals surface area contributed by atoms with Crippen molar-refractivity contribution in [1.82, 2.24) is 4.57 Å². The van der Waals surface area contributed by atoms with E-state index in [1.165, 1.54) is 0 Å². The Labute approximate surface area is 99.1 Å². The van der Waals surface area contributed by atoms with Crippen LogP contribution < -0.4 is 5.56 Å². The molecule has 0 spiro atoms. The van der Waals surface area contributed by atoms with Crippen molar-refractivity contribution in [2.24, 2.45) is 7.05 Å². The third-order valence-corrected chi connectivity index (χ3v) is 3.11. The van der Waals surface area contributed by atoms with Crippen LogP contribution in [0.15, 0.2) is 41.3 Å². The van der Waals surface area contributed by atoms with Crippen LogP contribution in [-0.4, -0.2) is 4.57 Å². The van der Waals surface area contributed by atoms with Gasteiger partial charge in [-0.25, -0.2) is 0 Å². The fraction of sp³-hybridized carbons (Fsp3) is 0.154. The topological polar surface area (TPSA) is 22.0 Å². The zero-order valence-corrected chi connectivity index (χ0v) is 9.95. The predicted octanol–water partition coefficient (Wildman–Crippen LogP) is 3.01. The van der Waals surface area contributed by atoms with Crippen LogP contribution >= 0.6 is 11.6 Å². The minimum Gasteiger partial charge on any atom is -0.318 e. The number of nitrogens with zero attached hydrogens (tertiary/aromatic N) is 1. The number of pyridine rings is 1. The first-order valence-electron chi connectivity index (χ1n) is 5.02. The van der Waals surface area contributed by atoms with E-state index in [0.717, 1.165) is 11.1 Å². The molecule has 16 heavy (non-hydrogen) atoms. The molecule has 0 aliphatic heterocycles. The smallest absolute Gasteiger partial charge is 0.258 e. The summed E-state index contributed by atoms with van der Waals surface area (Å²) in [4.78, 5) is 11.9. The van der Waals surface area contributed by atoms with Crippen LogP contribution in [0.3, 0.4) is 0 Å². The van der Waals surface area contributed by atoms with Crippen LogP contribution in [0.5, 0.6) is 0 Å². The van der Waals surface area contributed by atoms with Crippen LogP contribution in [0.25, 0.3) is 11.1 Å². The van der Waals surface area contributed by atoms with Gasteiger partial charge in [-0.3, -0.25) is 4.79 Å². The molecule has 0 fully saturated rings. The van der Waals surface area contributed by atoms with E-state index in [0.29, 0.717) is 10.6 Å². The van der Waals surface area contributed by atoms with E-state index in [9.17, 15) is 4.79 Å². The molecule has 0 aliphatic rings. The van der Waals surface area contributed by atoms with Crippen molar-refractivity contribution in [3.8, 4) is 11.1 Å². The maximum absolute atomic E-state index is 11.9. The van der Waals surface area contributed by atoms with Gasteiger partial charge in [-0.2, -0.15) is 0 Å². The highest BCUT2D eigenvalue weighted by Gasteiger charge is 2.09. The molecule has 0 aliphatic carbocycles. The Morgan fingerprint density at radius 1 is 1.12 bits per heavy atom. The van der Waals surface area contributed by atoms with Gasteiger partial charge in [0.25, 0.3) is 5.56 Å². The second-order valence-electron chi connectivity index (χ2n) is 3.77. The van der Waals surface area contributed by atoms with Crippen LogP contribution in [0, 0.1) is 6.92 Å². The number of benzene rings is 1. The summed E-state index contributed by atoms with van der Waals surface area (Å²) in [6, 6.07) is 9.34. The maximum Gasteiger partial charge on any atom is 0.258 e. The summed E-state index contributed by atoms with van der Waals surface area (Å²) in [6.07, 6.45) is 1.73. The highest BCUT2D eigenvalue weighted by Crippen LogP contribution is 2.27. The van der Waals surface area contributed by atoms with Crippen LogP contribution in [-0.2, 0) is 7.05 Å². The van der Waals surface area contributed by atoms with Gasteiger partial charge in [0.1, 0.15) is 0 Å². The minimum atomic E-state index is -0.0324. The van der Waals surface area contributed by atoms with Crippen LogP contribution in [0.4, 0.5) is 0 Å². The molecule has 3 heteroatoms. The van der Waals surface area contributed by atoms with Crippen molar-refractivity contribution in [3.63, 3.8) is 0 Å². The average molecular weight is 234 g/mol. The number of hydrogen-bond acceptors (Lipinski definition) is 1. The van der Waals surface area contributed by atoms with E-state index in [1.807, 2.05) is 31.2 Å². The van der Waals surface area contributed by atoms with Gasteiger partial charge in [-0.15, -0.1) is 0 Å². The van der Waals surface area contributed by atoms with Crippen molar-refractivity contribution in [1.29, 1.82) is 0 Å². The fourth-order valence-electron chi connectivity index (χ4n) is 1.66. The number of rotatable bonds is 1. The average Bonchev–Trinajstić information content (AvgIpc) is 2.27. The molecule has 82 valence electrons. The lowest BCUT2D eigenvalue weighted by Gasteiger charge is -2.07. The highest BCUT2D eigenvalue weighted by molar-refractivity contribution is 6.34. The highest BCUT2D eigenvalue weighted by atomic mass is 35.5. The van der Waals surface area contributed by atoms with Gasteiger partial charge in [0.2, 0.25) is 0 Å². The molecule has 0 amide bonds. The molecule has 0 unspecified atom stereocenters. The molecule has 2 nitrogen and oxygen atoms in total. The van der Waals surface area contributed by atoms with Gasteiger partial charge in [0.05, 0.1) is 5.02 Å². The summed E-state index contributed by atoms with van der Waals surface area (Å²) < 4.78 is 1.55. The standard InChI is InChI=1S/C13H12ClNO/c1-9-5-3-6-10(12(9)14)11-7-4-8-15(2)13(11)16/h3-8H,1-2H3. The Balaban J connectivity index is 2.73. The molecule has 1 aromatic carbocycles. The van der Waals surface area contributed by atoms with Crippen LogP contribution in [0.1, 0.15) is 5.56 Å². The van der Waals surface area contributed by atoms with Gasteiger partial charge < -0.3 is 4.57 Å². The van der Waals surface area contributed by atoms with E-state index >= 15 is 0 Å². The fourth-order valence-corrected chi connectivity index (χ4v) is 1.89.